The van der Waals surface area contributed by atoms with Gasteiger partial charge in [-0.3, -0.25) is 4.68 Å². The minimum absolute atomic E-state index is 0.00465. The molecule has 1 saturated heterocycles. The van der Waals surface area contributed by atoms with E-state index in [0.29, 0.717) is 36.8 Å². The second-order valence-electron chi connectivity index (χ2n) is 7.12. The van der Waals surface area contributed by atoms with Gasteiger partial charge in [0, 0.05) is 29.2 Å². The summed E-state index contributed by atoms with van der Waals surface area (Å²) in [5, 5.41) is 5.34. The Hall–Kier alpha value is -2.29. The Balaban J connectivity index is 1.44. The lowest BCUT2D eigenvalue weighted by Crippen LogP contribution is -2.39. The predicted octanol–water partition coefficient (Wildman–Crippen LogP) is 4.59. The van der Waals surface area contributed by atoms with Crippen LogP contribution in [0.4, 0.5) is 4.79 Å². The van der Waals surface area contributed by atoms with Gasteiger partial charge in [-0.25, -0.2) is 13.2 Å². The molecule has 1 aromatic heterocycles. The van der Waals surface area contributed by atoms with Crippen molar-refractivity contribution in [3.8, 4) is 0 Å². The van der Waals surface area contributed by atoms with Crippen molar-refractivity contribution >= 4 is 48.3 Å². The van der Waals surface area contributed by atoms with Gasteiger partial charge >= 0.3 is 6.09 Å². The third kappa shape index (κ3) is 4.40. The summed E-state index contributed by atoms with van der Waals surface area (Å²) in [6.07, 6.45) is 2.59. The Morgan fingerprint density at radius 3 is 2.53 bits per heavy atom. The number of nitrogens with zero attached hydrogens (tertiary/aromatic N) is 3. The average Bonchev–Trinajstić information content (AvgIpc) is 3.17. The van der Waals surface area contributed by atoms with Crippen LogP contribution in [0.1, 0.15) is 24.4 Å². The Kier molecular flexibility index (Phi) is 5.90. The van der Waals surface area contributed by atoms with Gasteiger partial charge in [0.25, 0.3) is 9.05 Å². The van der Waals surface area contributed by atoms with Crippen molar-refractivity contribution in [3.63, 3.8) is 0 Å². The molecule has 0 saturated carbocycles. The summed E-state index contributed by atoms with van der Waals surface area (Å²) < 4.78 is 30.6. The van der Waals surface area contributed by atoms with Crippen molar-refractivity contribution in [1.82, 2.24) is 14.7 Å². The Labute approximate surface area is 183 Å². The number of piperidine rings is 1. The zero-order valence-corrected chi connectivity index (χ0v) is 18.2. The molecule has 0 aliphatic carbocycles. The van der Waals surface area contributed by atoms with Crippen LogP contribution in [0.2, 0.25) is 5.02 Å². The molecule has 158 valence electrons. The number of hydrogen-bond acceptors (Lipinski definition) is 5. The first kappa shape index (κ1) is 21.0. The number of hydrogen-bond donors (Lipinski definition) is 0. The molecule has 0 bridgehead atoms. The lowest BCUT2D eigenvalue weighted by molar-refractivity contribution is 0.0825. The second kappa shape index (κ2) is 8.45. The molecule has 30 heavy (non-hydrogen) atoms. The molecule has 2 aromatic carbocycles. The number of carbonyl (C=O) groups excluding carboxylic acids is 1. The van der Waals surface area contributed by atoms with Crippen molar-refractivity contribution in [2.24, 2.45) is 0 Å². The number of rotatable bonds is 4. The van der Waals surface area contributed by atoms with Gasteiger partial charge in [0.1, 0.15) is 6.61 Å². The molecule has 0 radical (unpaired) electrons. The molecule has 4 rings (SSSR count). The largest absolute Gasteiger partial charge is 0.445 e. The van der Waals surface area contributed by atoms with Gasteiger partial charge in [0.15, 0.2) is 0 Å². The smallest absolute Gasteiger partial charge is 0.410 e. The minimum Gasteiger partial charge on any atom is -0.445 e. The molecule has 3 aromatic rings. The van der Waals surface area contributed by atoms with Gasteiger partial charge < -0.3 is 9.64 Å². The third-order valence-electron chi connectivity index (χ3n) is 5.19. The molecule has 2 heterocycles. The van der Waals surface area contributed by atoms with E-state index < -0.39 is 9.05 Å². The summed E-state index contributed by atoms with van der Waals surface area (Å²) in [7, 11) is 1.58. The van der Waals surface area contributed by atoms with Gasteiger partial charge in [-0.2, -0.15) is 5.10 Å². The number of halogens is 2. The van der Waals surface area contributed by atoms with Crippen molar-refractivity contribution in [3.05, 3.63) is 59.2 Å². The topological polar surface area (TPSA) is 81.5 Å². The maximum atomic E-state index is 12.4. The molecule has 0 unspecified atom stereocenters. The standard InChI is InChI=1S/C20H19Cl2N3O4S/c21-18-10-16(30(22,27)28)11-19-17(18)12-23-25(19)15-6-8-24(9-7-15)20(26)29-13-14-4-2-1-3-5-14/h1-5,10-12,15H,6-9,13H2. The van der Waals surface area contributed by atoms with E-state index >= 15 is 0 Å². The van der Waals surface area contributed by atoms with Gasteiger partial charge in [-0.1, -0.05) is 41.9 Å². The molecule has 1 amide bonds. The fraction of sp³-hybridized carbons (Fsp3) is 0.300. The SMILES string of the molecule is O=C(OCc1ccccc1)N1CCC(n2ncc3c(Cl)cc(S(=O)(=O)Cl)cc32)CC1. The zero-order valence-electron chi connectivity index (χ0n) is 15.9. The van der Waals surface area contributed by atoms with Gasteiger partial charge in [-0.05, 0) is 30.5 Å². The summed E-state index contributed by atoms with van der Waals surface area (Å²) in [4.78, 5) is 14.0. The quantitative estimate of drug-likeness (QED) is 0.524. The van der Waals surface area contributed by atoms with Crippen LogP contribution in [0, 0.1) is 0 Å². The highest BCUT2D eigenvalue weighted by Gasteiger charge is 2.27. The van der Waals surface area contributed by atoms with Crippen molar-refractivity contribution < 1.29 is 17.9 Å². The number of carbonyl (C=O) groups is 1. The summed E-state index contributed by atoms with van der Waals surface area (Å²) in [6, 6.07) is 12.3. The maximum absolute atomic E-state index is 12.4. The molecule has 7 nitrogen and oxygen atoms in total. The van der Waals surface area contributed by atoms with E-state index in [1.807, 2.05) is 30.3 Å². The first-order chi connectivity index (χ1) is 14.3. The fourth-order valence-electron chi connectivity index (χ4n) is 3.61. The van der Waals surface area contributed by atoms with Gasteiger partial charge in [0.2, 0.25) is 0 Å². The highest BCUT2D eigenvalue weighted by molar-refractivity contribution is 8.13. The summed E-state index contributed by atoms with van der Waals surface area (Å²) in [5.41, 5.74) is 1.54. The Morgan fingerprint density at radius 2 is 1.87 bits per heavy atom. The van der Waals surface area contributed by atoms with Crippen LogP contribution in [0.3, 0.4) is 0 Å². The molecule has 1 fully saturated rings. The predicted molar refractivity (Wildman–Crippen MR) is 114 cm³/mol. The van der Waals surface area contributed by atoms with E-state index in [0.717, 1.165) is 5.56 Å². The van der Waals surface area contributed by atoms with Crippen molar-refractivity contribution in [2.45, 2.75) is 30.4 Å². The molecule has 0 N–H and O–H groups in total. The number of amides is 1. The lowest BCUT2D eigenvalue weighted by atomic mass is 10.1. The van der Waals surface area contributed by atoms with E-state index in [-0.39, 0.29) is 28.7 Å². The van der Waals surface area contributed by atoms with Gasteiger partial charge in [0.05, 0.1) is 27.7 Å². The van der Waals surface area contributed by atoms with Crippen molar-refractivity contribution in [2.75, 3.05) is 13.1 Å². The maximum Gasteiger partial charge on any atom is 0.410 e. The molecule has 0 atom stereocenters. The fourth-order valence-corrected chi connectivity index (χ4v) is 4.72. The summed E-state index contributed by atoms with van der Waals surface area (Å²) >= 11 is 6.22. The summed E-state index contributed by atoms with van der Waals surface area (Å²) in [5.74, 6) is 0. The van der Waals surface area contributed by atoms with Crippen LogP contribution in [0.15, 0.2) is 53.6 Å². The monoisotopic (exact) mass is 467 g/mol. The Bertz CT molecular complexity index is 1170. The van der Waals surface area contributed by atoms with E-state index in [1.165, 1.54) is 12.1 Å². The molecular formula is C20H19Cl2N3O4S. The first-order valence-corrected chi connectivity index (χ1v) is 12.1. The van der Waals surface area contributed by atoms with Crippen molar-refractivity contribution in [1.29, 1.82) is 0 Å². The molecule has 1 aliphatic heterocycles. The molecule has 10 heteroatoms. The van der Waals surface area contributed by atoms with Crippen LogP contribution in [-0.2, 0) is 20.4 Å². The highest BCUT2D eigenvalue weighted by Crippen LogP contribution is 2.33. The minimum atomic E-state index is -3.91. The van der Waals surface area contributed by atoms with Crippen LogP contribution >= 0.6 is 22.3 Å². The first-order valence-electron chi connectivity index (χ1n) is 9.40. The summed E-state index contributed by atoms with van der Waals surface area (Å²) in [6.45, 7) is 1.26. The zero-order chi connectivity index (χ0) is 21.3. The number of likely N-dealkylation sites (tertiary alicyclic amines) is 1. The molecule has 1 aliphatic rings. The Morgan fingerprint density at radius 1 is 1.17 bits per heavy atom. The number of ether oxygens (including phenoxy) is 1. The average molecular weight is 468 g/mol. The molecule has 0 spiro atoms. The van der Waals surface area contributed by atoms with Crippen LogP contribution in [0.25, 0.3) is 10.9 Å². The number of aromatic nitrogens is 2. The van der Waals surface area contributed by atoms with E-state index in [9.17, 15) is 13.2 Å². The van der Waals surface area contributed by atoms with Crippen LogP contribution in [0.5, 0.6) is 0 Å². The van der Waals surface area contributed by atoms with E-state index in [4.69, 9.17) is 27.0 Å². The normalized spacial score (nSPS) is 15.5. The van der Waals surface area contributed by atoms with E-state index in [2.05, 4.69) is 5.10 Å². The van der Waals surface area contributed by atoms with Crippen LogP contribution < -0.4 is 0 Å². The van der Waals surface area contributed by atoms with Crippen LogP contribution in [-0.4, -0.2) is 42.3 Å². The molecular weight excluding hydrogens is 449 g/mol. The van der Waals surface area contributed by atoms with Gasteiger partial charge in [-0.15, -0.1) is 0 Å². The third-order valence-corrected chi connectivity index (χ3v) is 6.84. The highest BCUT2D eigenvalue weighted by atomic mass is 35.7. The second-order valence-corrected chi connectivity index (χ2v) is 10.1. The van der Waals surface area contributed by atoms with E-state index in [1.54, 1.807) is 15.8 Å². The lowest BCUT2D eigenvalue weighted by Gasteiger charge is -2.31. The number of fused-ring (bicyclic) bond motifs is 1. The number of benzene rings is 2.